The van der Waals surface area contributed by atoms with Crippen LogP contribution in [0.4, 0.5) is 5.69 Å². The van der Waals surface area contributed by atoms with E-state index >= 15 is 0 Å². The van der Waals surface area contributed by atoms with Crippen LogP contribution in [0.15, 0.2) is 18.5 Å². The number of aromatic amines is 1. The minimum absolute atomic E-state index is 0.0132. The molecule has 0 saturated carbocycles. The average molecular weight is 198 g/mol. The smallest absolute Gasteiger partial charge is 0.294 e. The number of hydrogen-bond donors (Lipinski definition) is 1. The van der Waals surface area contributed by atoms with Crippen molar-refractivity contribution in [2.45, 2.75) is 0 Å². The van der Waals surface area contributed by atoms with Crippen molar-refractivity contribution in [3.63, 3.8) is 0 Å². The topological polar surface area (TPSA) is 71.8 Å². The minimum atomic E-state index is -0.463. The fourth-order valence-electron chi connectivity index (χ4n) is 1.16. The molecule has 0 fully saturated rings. The highest BCUT2D eigenvalue weighted by Crippen LogP contribution is 2.27. The van der Waals surface area contributed by atoms with Gasteiger partial charge in [0.15, 0.2) is 5.15 Å². The molecule has 13 heavy (non-hydrogen) atoms. The largest absolute Gasteiger partial charge is 0.353 e. The fraction of sp³-hybridized carbons (Fsp3) is 0. The Balaban J connectivity index is 2.83. The molecule has 0 bridgehead atoms. The van der Waals surface area contributed by atoms with Gasteiger partial charge in [-0.25, -0.2) is 4.98 Å². The van der Waals surface area contributed by atoms with Gasteiger partial charge in [-0.1, -0.05) is 11.6 Å². The number of halogens is 1. The van der Waals surface area contributed by atoms with Gasteiger partial charge in [0, 0.05) is 6.20 Å². The lowest BCUT2D eigenvalue weighted by atomic mass is 10.3. The van der Waals surface area contributed by atoms with E-state index in [9.17, 15) is 10.1 Å². The van der Waals surface area contributed by atoms with Crippen LogP contribution >= 0.6 is 11.6 Å². The standard InChI is InChI=1S/C7H4ClN3O2/c8-7-6-4(1-2-9-7)5(3-10-6)11(12)13/h1-3,10H. The molecule has 0 aliphatic rings. The highest BCUT2D eigenvalue weighted by atomic mass is 35.5. The highest BCUT2D eigenvalue weighted by molar-refractivity contribution is 6.34. The Hall–Kier alpha value is -1.62. The lowest BCUT2D eigenvalue weighted by molar-refractivity contribution is -0.383. The Bertz CT molecular complexity index is 480. The van der Waals surface area contributed by atoms with E-state index in [1.807, 2.05) is 0 Å². The van der Waals surface area contributed by atoms with Crippen molar-refractivity contribution in [1.29, 1.82) is 0 Å². The molecule has 2 aromatic heterocycles. The minimum Gasteiger partial charge on any atom is -0.353 e. The van der Waals surface area contributed by atoms with Crippen LogP contribution in [-0.2, 0) is 0 Å². The summed E-state index contributed by atoms with van der Waals surface area (Å²) >= 11 is 5.71. The van der Waals surface area contributed by atoms with Crippen LogP contribution in [0.25, 0.3) is 10.9 Å². The van der Waals surface area contributed by atoms with Crippen molar-refractivity contribution < 1.29 is 4.92 Å². The van der Waals surface area contributed by atoms with Crippen molar-refractivity contribution in [3.8, 4) is 0 Å². The van der Waals surface area contributed by atoms with Crippen LogP contribution in [-0.4, -0.2) is 14.9 Å². The summed E-state index contributed by atoms with van der Waals surface area (Å²) in [6.45, 7) is 0. The molecule has 0 aliphatic heterocycles. The molecular formula is C7H4ClN3O2. The average Bonchev–Trinajstić information content (AvgIpc) is 2.48. The van der Waals surface area contributed by atoms with Crippen LogP contribution < -0.4 is 0 Å². The van der Waals surface area contributed by atoms with Gasteiger partial charge in [0.25, 0.3) is 5.69 Å². The Labute approximate surface area is 77.5 Å². The van der Waals surface area contributed by atoms with E-state index in [2.05, 4.69) is 9.97 Å². The van der Waals surface area contributed by atoms with Gasteiger partial charge in [0.1, 0.15) is 0 Å². The third-order valence-corrected chi connectivity index (χ3v) is 2.02. The van der Waals surface area contributed by atoms with Gasteiger partial charge in [-0.05, 0) is 6.07 Å². The summed E-state index contributed by atoms with van der Waals surface area (Å²) in [6, 6.07) is 1.55. The normalized spacial score (nSPS) is 10.5. The third-order valence-electron chi connectivity index (χ3n) is 1.73. The second-order valence-electron chi connectivity index (χ2n) is 2.46. The monoisotopic (exact) mass is 197 g/mol. The summed E-state index contributed by atoms with van der Waals surface area (Å²) in [6.07, 6.45) is 2.74. The molecule has 2 rings (SSSR count). The number of hydrogen-bond acceptors (Lipinski definition) is 3. The number of fused-ring (bicyclic) bond motifs is 1. The van der Waals surface area contributed by atoms with Crippen LogP contribution in [0, 0.1) is 10.1 Å². The molecule has 0 aliphatic carbocycles. The number of aromatic nitrogens is 2. The van der Waals surface area contributed by atoms with E-state index in [0.717, 1.165) is 0 Å². The van der Waals surface area contributed by atoms with Gasteiger partial charge in [0.05, 0.1) is 22.0 Å². The van der Waals surface area contributed by atoms with Crippen molar-refractivity contribution in [3.05, 3.63) is 33.7 Å². The van der Waals surface area contributed by atoms with Gasteiger partial charge >= 0.3 is 0 Å². The molecule has 5 nitrogen and oxygen atoms in total. The molecule has 0 atom stereocenters. The molecule has 66 valence electrons. The number of nitrogens with one attached hydrogen (secondary N) is 1. The molecule has 0 spiro atoms. The Morgan fingerprint density at radius 2 is 2.38 bits per heavy atom. The van der Waals surface area contributed by atoms with Gasteiger partial charge in [-0.15, -0.1) is 0 Å². The predicted octanol–water partition coefficient (Wildman–Crippen LogP) is 2.12. The molecule has 1 N–H and O–H groups in total. The molecule has 6 heteroatoms. The molecule has 2 heterocycles. The van der Waals surface area contributed by atoms with Crippen molar-refractivity contribution in [2.75, 3.05) is 0 Å². The van der Waals surface area contributed by atoms with Crippen LogP contribution in [0.3, 0.4) is 0 Å². The zero-order chi connectivity index (χ0) is 9.42. The van der Waals surface area contributed by atoms with E-state index < -0.39 is 4.92 Å². The second-order valence-corrected chi connectivity index (χ2v) is 2.81. The van der Waals surface area contributed by atoms with Crippen molar-refractivity contribution in [2.24, 2.45) is 0 Å². The maximum Gasteiger partial charge on any atom is 0.294 e. The van der Waals surface area contributed by atoms with Crippen molar-refractivity contribution in [1.82, 2.24) is 9.97 Å². The third kappa shape index (κ3) is 1.13. The first-order chi connectivity index (χ1) is 6.20. The van der Waals surface area contributed by atoms with E-state index in [4.69, 9.17) is 11.6 Å². The molecular weight excluding hydrogens is 194 g/mol. The number of nitrogens with zero attached hydrogens (tertiary/aromatic N) is 2. The van der Waals surface area contributed by atoms with Crippen LogP contribution in [0.2, 0.25) is 5.15 Å². The number of pyridine rings is 1. The summed E-state index contributed by atoms with van der Waals surface area (Å²) in [5.41, 5.74) is 0.509. The Morgan fingerprint density at radius 3 is 3.08 bits per heavy atom. The lowest BCUT2D eigenvalue weighted by Gasteiger charge is -1.90. The quantitative estimate of drug-likeness (QED) is 0.432. The van der Waals surface area contributed by atoms with Gasteiger partial charge in [-0.2, -0.15) is 0 Å². The van der Waals surface area contributed by atoms with Crippen LogP contribution in [0.5, 0.6) is 0 Å². The Kier molecular flexibility index (Phi) is 1.66. The Morgan fingerprint density at radius 1 is 1.62 bits per heavy atom. The molecule has 0 amide bonds. The van der Waals surface area contributed by atoms with Gasteiger partial charge < -0.3 is 4.98 Å². The summed E-state index contributed by atoms with van der Waals surface area (Å²) in [5.74, 6) is 0. The van der Waals surface area contributed by atoms with E-state index in [1.54, 1.807) is 6.07 Å². The van der Waals surface area contributed by atoms with Gasteiger partial charge in [0.2, 0.25) is 0 Å². The van der Waals surface area contributed by atoms with Crippen LogP contribution in [0.1, 0.15) is 0 Å². The fourth-order valence-corrected chi connectivity index (χ4v) is 1.37. The first-order valence-electron chi connectivity index (χ1n) is 3.46. The number of nitro groups is 1. The SMILES string of the molecule is O=[N+]([O-])c1c[nH]c2c(Cl)nccc12. The maximum absolute atomic E-state index is 10.5. The lowest BCUT2D eigenvalue weighted by Crippen LogP contribution is -1.85. The number of H-pyrrole nitrogens is 1. The zero-order valence-corrected chi connectivity index (χ0v) is 7.08. The second kappa shape index (κ2) is 2.70. The molecule has 0 aromatic carbocycles. The first kappa shape index (κ1) is 8.00. The molecule has 0 unspecified atom stereocenters. The first-order valence-corrected chi connectivity index (χ1v) is 3.84. The van der Waals surface area contributed by atoms with Crippen molar-refractivity contribution >= 4 is 28.2 Å². The summed E-state index contributed by atoms with van der Waals surface area (Å²) in [5, 5.41) is 11.2. The molecule has 2 aromatic rings. The predicted molar refractivity (Wildman–Crippen MR) is 47.8 cm³/mol. The highest BCUT2D eigenvalue weighted by Gasteiger charge is 2.15. The summed E-state index contributed by atoms with van der Waals surface area (Å²) < 4.78 is 0. The van der Waals surface area contributed by atoms with Gasteiger partial charge in [-0.3, -0.25) is 10.1 Å². The summed E-state index contributed by atoms with van der Waals surface area (Å²) in [7, 11) is 0. The van der Waals surface area contributed by atoms with E-state index in [0.29, 0.717) is 10.9 Å². The molecule has 0 radical (unpaired) electrons. The zero-order valence-electron chi connectivity index (χ0n) is 6.32. The van der Waals surface area contributed by atoms with E-state index in [1.165, 1.54) is 12.4 Å². The van der Waals surface area contributed by atoms with E-state index in [-0.39, 0.29) is 10.8 Å². The maximum atomic E-state index is 10.5. The molecule has 0 saturated heterocycles. The summed E-state index contributed by atoms with van der Waals surface area (Å²) in [4.78, 5) is 16.5. The number of rotatable bonds is 1.